The minimum Gasteiger partial charge on any atom is -0.480 e. The summed E-state index contributed by atoms with van der Waals surface area (Å²) in [5.74, 6) is -1.44. The summed E-state index contributed by atoms with van der Waals surface area (Å²) in [6, 6.07) is -1.52. The van der Waals surface area contributed by atoms with Crippen molar-refractivity contribution in [3.8, 4) is 0 Å². The van der Waals surface area contributed by atoms with Crippen LogP contribution < -0.4 is 5.32 Å². The predicted octanol–water partition coefficient (Wildman–Crippen LogP) is -2.83. The summed E-state index contributed by atoms with van der Waals surface area (Å²) in [6.07, 6.45) is -7.32. The van der Waals surface area contributed by atoms with Crippen molar-refractivity contribution in [1.29, 1.82) is 0 Å². The number of alkyl carbamates (subject to hydrolysis) is 1. The zero-order valence-corrected chi connectivity index (χ0v) is 12.6. The lowest BCUT2D eigenvalue weighted by Gasteiger charge is -2.39. The molecule has 0 bridgehead atoms. The molecule has 0 spiro atoms. The molecule has 0 aromatic carbocycles. The second-order valence-electron chi connectivity index (χ2n) is 4.95. The molecule has 138 valence electrons. The molecule has 0 aromatic rings. The lowest BCUT2D eigenvalue weighted by Crippen LogP contribution is -2.59. The fraction of sp³-hybridized carbons (Fsp3) is 0.692. The van der Waals surface area contributed by atoms with Gasteiger partial charge in [-0.25, -0.2) is 9.59 Å². The molecule has 1 rings (SSSR count). The molecule has 1 unspecified atom stereocenters. The molecule has 6 N–H and O–H groups in total. The third kappa shape index (κ3) is 5.40. The first-order valence-electron chi connectivity index (χ1n) is 7.00. The second kappa shape index (κ2) is 9.52. The molecule has 1 fully saturated rings. The Bertz CT molecular complexity index is 442. The van der Waals surface area contributed by atoms with E-state index in [1.54, 1.807) is 0 Å². The Balaban J connectivity index is 2.60. The highest BCUT2D eigenvalue weighted by Crippen LogP contribution is 2.22. The Labute approximate surface area is 137 Å². The quantitative estimate of drug-likeness (QED) is 0.250. The maximum atomic E-state index is 11.3. The number of carbonyl (C=O) groups is 2. The number of aliphatic hydroxyl groups is 4. The number of aliphatic carboxylic acids is 1. The molecule has 1 heterocycles. The molecule has 0 aliphatic carbocycles. The first kappa shape index (κ1) is 20.3. The molecule has 24 heavy (non-hydrogen) atoms. The first-order valence-corrected chi connectivity index (χ1v) is 7.00. The number of hydrogen-bond donors (Lipinski definition) is 6. The number of carbonyl (C=O) groups excluding carboxylic acids is 1. The molecular weight excluding hydrogens is 330 g/mol. The number of nitrogens with one attached hydrogen (secondary N) is 1. The van der Waals surface area contributed by atoms with Gasteiger partial charge >= 0.3 is 12.1 Å². The molecule has 0 radical (unpaired) electrons. The highest BCUT2D eigenvalue weighted by molar-refractivity contribution is 5.80. The summed E-state index contributed by atoms with van der Waals surface area (Å²) in [5.41, 5.74) is 0. The predicted molar refractivity (Wildman–Crippen MR) is 75.8 cm³/mol. The number of amides is 1. The molecule has 1 aliphatic heterocycles. The minimum atomic E-state index is -1.68. The maximum absolute atomic E-state index is 11.3. The Morgan fingerprint density at radius 3 is 2.46 bits per heavy atom. The number of carboxylic acid groups (broad SMARTS) is 1. The lowest BCUT2D eigenvalue weighted by atomic mass is 9.99. The van der Waals surface area contributed by atoms with E-state index in [1.165, 1.54) is 6.08 Å². The fourth-order valence-corrected chi connectivity index (χ4v) is 1.89. The van der Waals surface area contributed by atoms with Crippen molar-refractivity contribution < 1.29 is 49.3 Å². The van der Waals surface area contributed by atoms with Crippen LogP contribution >= 0.6 is 0 Å². The Kier molecular flexibility index (Phi) is 8.04. The van der Waals surface area contributed by atoms with Crippen LogP contribution in [0, 0.1) is 0 Å². The van der Waals surface area contributed by atoms with Gasteiger partial charge in [0.05, 0.1) is 13.2 Å². The molecule has 6 atom stereocenters. The SMILES string of the molecule is C=CCOC(=O)NC(CO[C@@H]1O[C@H](CO)[C@H](O)[C@H](O)[C@H]1O)C(=O)O. The largest absolute Gasteiger partial charge is 0.480 e. The van der Waals surface area contributed by atoms with E-state index in [2.05, 4.69) is 11.3 Å². The molecule has 1 amide bonds. The van der Waals surface area contributed by atoms with Crippen LogP contribution in [0.3, 0.4) is 0 Å². The lowest BCUT2D eigenvalue weighted by molar-refractivity contribution is -0.301. The summed E-state index contributed by atoms with van der Waals surface area (Å²) >= 11 is 0. The van der Waals surface area contributed by atoms with Gasteiger partial charge in [0, 0.05) is 0 Å². The standard InChI is InChI=1S/C13H21NO10/c1-2-3-22-13(21)14-6(11(19)20)5-23-12-10(18)9(17)8(16)7(4-15)24-12/h2,6-10,12,15-18H,1,3-5H2,(H,14,21)(H,19,20)/t6?,7-,8+,9+,10-,12-/m1/s1. The van der Waals surface area contributed by atoms with Crippen LogP contribution in [0.15, 0.2) is 12.7 Å². The number of carboxylic acids is 1. The van der Waals surface area contributed by atoms with E-state index >= 15 is 0 Å². The molecule has 11 heteroatoms. The number of aliphatic hydroxyl groups excluding tert-OH is 4. The van der Waals surface area contributed by atoms with Crippen molar-refractivity contribution >= 4 is 12.1 Å². The molecule has 0 aromatic heterocycles. The van der Waals surface area contributed by atoms with Crippen LogP contribution in [0.2, 0.25) is 0 Å². The van der Waals surface area contributed by atoms with Crippen molar-refractivity contribution in [1.82, 2.24) is 5.32 Å². The van der Waals surface area contributed by atoms with Gasteiger partial charge in [-0.2, -0.15) is 0 Å². The van der Waals surface area contributed by atoms with Gasteiger partial charge in [-0.3, -0.25) is 0 Å². The van der Waals surface area contributed by atoms with E-state index in [9.17, 15) is 24.9 Å². The third-order valence-electron chi connectivity index (χ3n) is 3.20. The van der Waals surface area contributed by atoms with Crippen LogP contribution in [0.5, 0.6) is 0 Å². The van der Waals surface area contributed by atoms with Gasteiger partial charge in [-0.1, -0.05) is 12.7 Å². The van der Waals surface area contributed by atoms with E-state index in [-0.39, 0.29) is 6.61 Å². The molecule has 1 aliphatic rings. The van der Waals surface area contributed by atoms with Crippen LogP contribution in [0.4, 0.5) is 4.79 Å². The smallest absolute Gasteiger partial charge is 0.408 e. The van der Waals surface area contributed by atoms with Gasteiger partial charge in [-0.15, -0.1) is 0 Å². The van der Waals surface area contributed by atoms with Crippen molar-refractivity contribution in [3.63, 3.8) is 0 Å². The first-order chi connectivity index (χ1) is 11.3. The highest BCUT2D eigenvalue weighted by atomic mass is 16.7. The van der Waals surface area contributed by atoms with Gasteiger partial charge in [0.25, 0.3) is 0 Å². The summed E-state index contributed by atoms with van der Waals surface area (Å²) < 4.78 is 14.7. The average molecular weight is 351 g/mol. The number of hydrogen-bond acceptors (Lipinski definition) is 9. The molecule has 11 nitrogen and oxygen atoms in total. The van der Waals surface area contributed by atoms with Crippen molar-refractivity contribution in [2.24, 2.45) is 0 Å². The van der Waals surface area contributed by atoms with Crippen molar-refractivity contribution in [3.05, 3.63) is 12.7 Å². The Morgan fingerprint density at radius 1 is 1.25 bits per heavy atom. The van der Waals surface area contributed by atoms with E-state index in [1.807, 2.05) is 5.32 Å². The van der Waals surface area contributed by atoms with Crippen LogP contribution in [0.25, 0.3) is 0 Å². The fourth-order valence-electron chi connectivity index (χ4n) is 1.89. The summed E-state index contributed by atoms with van der Waals surface area (Å²) in [4.78, 5) is 22.4. The van der Waals surface area contributed by atoms with E-state index in [0.29, 0.717) is 0 Å². The monoisotopic (exact) mass is 351 g/mol. The van der Waals surface area contributed by atoms with Crippen LogP contribution in [0.1, 0.15) is 0 Å². The van der Waals surface area contributed by atoms with Crippen molar-refractivity contribution in [2.45, 2.75) is 36.7 Å². The number of ether oxygens (including phenoxy) is 3. The van der Waals surface area contributed by atoms with Crippen LogP contribution in [-0.2, 0) is 19.0 Å². The van der Waals surface area contributed by atoms with Crippen LogP contribution in [-0.4, -0.2) is 94.2 Å². The second-order valence-corrected chi connectivity index (χ2v) is 4.95. The zero-order chi connectivity index (χ0) is 18.3. The van der Waals surface area contributed by atoms with Gasteiger partial charge < -0.3 is 45.1 Å². The van der Waals surface area contributed by atoms with Gasteiger partial charge in [0.2, 0.25) is 0 Å². The van der Waals surface area contributed by atoms with E-state index in [0.717, 1.165) is 0 Å². The normalized spacial score (nSPS) is 31.1. The zero-order valence-electron chi connectivity index (χ0n) is 12.6. The number of rotatable bonds is 8. The molecule has 1 saturated heterocycles. The maximum Gasteiger partial charge on any atom is 0.408 e. The Morgan fingerprint density at radius 2 is 1.92 bits per heavy atom. The van der Waals surface area contributed by atoms with Gasteiger partial charge in [0.1, 0.15) is 31.0 Å². The Hall–Kier alpha value is -1.76. The summed E-state index contributed by atoms with van der Waals surface area (Å²) in [6.45, 7) is 1.93. The summed E-state index contributed by atoms with van der Waals surface area (Å²) in [5, 5.41) is 49.1. The van der Waals surface area contributed by atoms with Gasteiger partial charge in [-0.05, 0) is 0 Å². The minimum absolute atomic E-state index is 0.119. The third-order valence-corrected chi connectivity index (χ3v) is 3.20. The summed E-state index contributed by atoms with van der Waals surface area (Å²) in [7, 11) is 0. The topological polar surface area (TPSA) is 175 Å². The highest BCUT2D eigenvalue weighted by Gasteiger charge is 2.44. The van der Waals surface area contributed by atoms with Gasteiger partial charge in [0.15, 0.2) is 12.3 Å². The van der Waals surface area contributed by atoms with E-state index in [4.69, 9.17) is 19.7 Å². The molecular formula is C13H21NO10. The van der Waals surface area contributed by atoms with Crippen molar-refractivity contribution in [2.75, 3.05) is 19.8 Å². The van der Waals surface area contributed by atoms with E-state index < -0.39 is 62.0 Å². The molecule has 0 saturated carbocycles. The average Bonchev–Trinajstić information content (AvgIpc) is 2.55.